The zero-order chi connectivity index (χ0) is 26.6. The van der Waals surface area contributed by atoms with Gasteiger partial charge in [-0.3, -0.25) is 9.69 Å². The topological polar surface area (TPSA) is 78.8 Å². The second kappa shape index (κ2) is 11.4. The first-order valence-electron chi connectivity index (χ1n) is 13.7. The maximum absolute atomic E-state index is 12.9. The molecule has 2 aromatic heterocycles. The van der Waals surface area contributed by atoms with Crippen molar-refractivity contribution in [3.8, 4) is 0 Å². The number of carbonyl (C=O) groups excluding carboxylic acids is 1. The van der Waals surface area contributed by atoms with Crippen molar-refractivity contribution >= 4 is 34.3 Å². The van der Waals surface area contributed by atoms with Crippen molar-refractivity contribution in [3.63, 3.8) is 0 Å². The summed E-state index contributed by atoms with van der Waals surface area (Å²) < 4.78 is 7.72. The molecule has 4 aromatic rings. The summed E-state index contributed by atoms with van der Waals surface area (Å²) >= 11 is 0. The summed E-state index contributed by atoms with van der Waals surface area (Å²) in [5, 5.41) is 4.21. The van der Waals surface area contributed by atoms with Crippen molar-refractivity contribution in [1.29, 1.82) is 0 Å². The fourth-order valence-corrected chi connectivity index (χ4v) is 5.34. The molecule has 39 heavy (non-hydrogen) atoms. The van der Waals surface area contributed by atoms with Crippen LogP contribution in [0.5, 0.6) is 0 Å². The SMILES string of the molecule is Cc1cc(N2CCOCC2)nc(N2CCN(CC(=O)Nc3ccc4c(ccn4Cc4ccccc4)c3)CC2)n1. The van der Waals surface area contributed by atoms with Crippen LogP contribution in [0.2, 0.25) is 0 Å². The van der Waals surface area contributed by atoms with Gasteiger partial charge in [0, 0.05) is 80.4 Å². The molecule has 9 heteroatoms. The van der Waals surface area contributed by atoms with Gasteiger partial charge >= 0.3 is 0 Å². The number of morpholine rings is 1. The van der Waals surface area contributed by atoms with Gasteiger partial charge in [-0.2, -0.15) is 4.98 Å². The largest absolute Gasteiger partial charge is 0.378 e. The summed E-state index contributed by atoms with van der Waals surface area (Å²) in [6.07, 6.45) is 2.10. The van der Waals surface area contributed by atoms with E-state index >= 15 is 0 Å². The number of nitrogens with one attached hydrogen (secondary N) is 1. The number of aromatic nitrogens is 3. The highest BCUT2D eigenvalue weighted by molar-refractivity contribution is 5.95. The van der Waals surface area contributed by atoms with Crippen LogP contribution >= 0.6 is 0 Å². The van der Waals surface area contributed by atoms with E-state index in [1.807, 2.05) is 31.2 Å². The lowest BCUT2D eigenvalue weighted by Crippen LogP contribution is -2.49. The maximum atomic E-state index is 12.9. The van der Waals surface area contributed by atoms with E-state index < -0.39 is 0 Å². The number of fused-ring (bicyclic) bond motifs is 1. The van der Waals surface area contributed by atoms with Crippen LogP contribution in [0, 0.1) is 6.92 Å². The third kappa shape index (κ3) is 6.05. The minimum Gasteiger partial charge on any atom is -0.378 e. The van der Waals surface area contributed by atoms with Gasteiger partial charge in [0.15, 0.2) is 0 Å². The van der Waals surface area contributed by atoms with Gasteiger partial charge in [0.05, 0.1) is 19.8 Å². The van der Waals surface area contributed by atoms with E-state index in [9.17, 15) is 4.79 Å². The van der Waals surface area contributed by atoms with E-state index in [0.717, 1.165) is 93.1 Å². The van der Waals surface area contributed by atoms with Gasteiger partial charge < -0.3 is 24.4 Å². The monoisotopic (exact) mass is 525 g/mol. The number of rotatable bonds is 7. The molecule has 202 valence electrons. The summed E-state index contributed by atoms with van der Waals surface area (Å²) in [6, 6.07) is 20.7. The van der Waals surface area contributed by atoms with Crippen molar-refractivity contribution in [2.45, 2.75) is 13.5 Å². The highest BCUT2D eigenvalue weighted by atomic mass is 16.5. The summed E-state index contributed by atoms with van der Waals surface area (Å²) in [4.78, 5) is 29.1. The third-order valence-corrected chi connectivity index (χ3v) is 7.44. The molecule has 4 heterocycles. The molecule has 2 aromatic carbocycles. The van der Waals surface area contributed by atoms with Crippen molar-refractivity contribution in [2.75, 3.05) is 74.1 Å². The fraction of sp³-hybridized carbons (Fsp3) is 0.367. The Bertz CT molecular complexity index is 1420. The standard InChI is InChI=1S/C30H35N7O2/c1-23-19-28(35-15-17-39-18-16-35)33-30(31-23)36-13-11-34(12-14-36)22-29(38)32-26-7-8-27-25(20-26)9-10-37(27)21-24-5-3-2-4-6-24/h2-10,19-20H,11-18,21-22H2,1H3,(H,32,38). The van der Waals surface area contributed by atoms with Gasteiger partial charge in [0.2, 0.25) is 11.9 Å². The average molecular weight is 526 g/mol. The number of nitrogens with zero attached hydrogens (tertiary/aromatic N) is 6. The molecule has 2 fully saturated rings. The Morgan fingerprint density at radius 3 is 2.49 bits per heavy atom. The molecule has 1 amide bonds. The van der Waals surface area contributed by atoms with Crippen molar-refractivity contribution < 1.29 is 9.53 Å². The Morgan fingerprint density at radius 2 is 1.69 bits per heavy atom. The van der Waals surface area contributed by atoms with Crippen LogP contribution in [0.25, 0.3) is 10.9 Å². The summed E-state index contributed by atoms with van der Waals surface area (Å²) in [7, 11) is 0. The van der Waals surface area contributed by atoms with Gasteiger partial charge in [-0.15, -0.1) is 0 Å². The Morgan fingerprint density at radius 1 is 0.897 bits per heavy atom. The van der Waals surface area contributed by atoms with Crippen molar-refractivity contribution in [2.24, 2.45) is 0 Å². The van der Waals surface area contributed by atoms with Gasteiger partial charge in [-0.1, -0.05) is 30.3 Å². The number of ether oxygens (including phenoxy) is 1. The normalized spacial score (nSPS) is 16.5. The molecule has 6 rings (SSSR count). The van der Waals surface area contributed by atoms with Gasteiger partial charge in [-0.25, -0.2) is 4.98 Å². The van der Waals surface area contributed by atoms with Crippen LogP contribution in [0.15, 0.2) is 66.9 Å². The molecule has 0 aliphatic carbocycles. The lowest BCUT2D eigenvalue weighted by Gasteiger charge is -2.35. The molecule has 0 saturated carbocycles. The summed E-state index contributed by atoms with van der Waals surface area (Å²) in [5.41, 5.74) is 4.21. The van der Waals surface area contributed by atoms with Gasteiger partial charge in [0.25, 0.3) is 0 Å². The Hall–Kier alpha value is -3.95. The second-order valence-corrected chi connectivity index (χ2v) is 10.3. The lowest BCUT2D eigenvalue weighted by molar-refractivity contribution is -0.117. The number of anilines is 3. The van der Waals surface area contributed by atoms with E-state index in [1.165, 1.54) is 5.56 Å². The number of amides is 1. The zero-order valence-electron chi connectivity index (χ0n) is 22.4. The Kier molecular flexibility index (Phi) is 7.42. The van der Waals surface area contributed by atoms with Crippen LogP contribution < -0.4 is 15.1 Å². The molecule has 0 unspecified atom stereocenters. The molecule has 0 bridgehead atoms. The average Bonchev–Trinajstić information content (AvgIpc) is 3.35. The first-order valence-corrected chi connectivity index (χ1v) is 13.7. The molecular formula is C30H35N7O2. The number of piperazine rings is 1. The maximum Gasteiger partial charge on any atom is 0.238 e. The minimum absolute atomic E-state index is 0.00734. The second-order valence-electron chi connectivity index (χ2n) is 10.3. The molecule has 2 aliphatic heterocycles. The number of aryl methyl sites for hydroxylation is 1. The van der Waals surface area contributed by atoms with Crippen LogP contribution in [-0.2, 0) is 16.1 Å². The molecular weight excluding hydrogens is 490 g/mol. The van der Waals surface area contributed by atoms with E-state index in [2.05, 4.69) is 67.2 Å². The smallest absolute Gasteiger partial charge is 0.238 e. The van der Waals surface area contributed by atoms with Gasteiger partial charge in [0.1, 0.15) is 5.82 Å². The Labute approximate surface area is 229 Å². The summed E-state index contributed by atoms with van der Waals surface area (Å²) in [6.45, 7) is 9.54. The van der Waals surface area contributed by atoms with E-state index in [1.54, 1.807) is 0 Å². The predicted molar refractivity (Wildman–Crippen MR) is 155 cm³/mol. The molecule has 0 atom stereocenters. The highest BCUT2D eigenvalue weighted by Crippen LogP contribution is 2.22. The van der Waals surface area contributed by atoms with Crippen LogP contribution in [0.4, 0.5) is 17.5 Å². The number of carbonyl (C=O) groups is 1. The number of hydrogen-bond donors (Lipinski definition) is 1. The molecule has 2 aliphatic rings. The predicted octanol–water partition coefficient (Wildman–Crippen LogP) is 3.39. The number of hydrogen-bond acceptors (Lipinski definition) is 7. The third-order valence-electron chi connectivity index (χ3n) is 7.44. The zero-order valence-corrected chi connectivity index (χ0v) is 22.4. The van der Waals surface area contributed by atoms with Crippen molar-refractivity contribution in [1.82, 2.24) is 19.4 Å². The number of benzene rings is 2. The minimum atomic E-state index is 0.00734. The van der Waals surface area contributed by atoms with Crippen molar-refractivity contribution in [3.05, 3.63) is 78.1 Å². The molecule has 9 nitrogen and oxygen atoms in total. The molecule has 1 N–H and O–H groups in total. The van der Waals surface area contributed by atoms with E-state index in [0.29, 0.717) is 6.54 Å². The summed E-state index contributed by atoms with van der Waals surface area (Å²) in [5.74, 6) is 1.75. The van der Waals surface area contributed by atoms with Crippen LogP contribution in [0.3, 0.4) is 0 Å². The Balaban J connectivity index is 1.03. The lowest BCUT2D eigenvalue weighted by atomic mass is 10.2. The highest BCUT2D eigenvalue weighted by Gasteiger charge is 2.22. The first-order chi connectivity index (χ1) is 19.1. The molecule has 0 spiro atoms. The molecule has 0 radical (unpaired) electrons. The van der Waals surface area contributed by atoms with Gasteiger partial charge in [-0.05, 0) is 36.8 Å². The first kappa shape index (κ1) is 25.3. The fourth-order valence-electron chi connectivity index (χ4n) is 5.34. The van der Waals surface area contributed by atoms with E-state index in [-0.39, 0.29) is 5.91 Å². The quantitative estimate of drug-likeness (QED) is 0.396. The molecule has 2 saturated heterocycles. The van der Waals surface area contributed by atoms with Crippen LogP contribution in [0.1, 0.15) is 11.3 Å². The van der Waals surface area contributed by atoms with E-state index in [4.69, 9.17) is 14.7 Å². The van der Waals surface area contributed by atoms with Crippen LogP contribution in [-0.4, -0.2) is 84.4 Å².